The van der Waals surface area contributed by atoms with Crippen LogP contribution in [0.25, 0.3) is 0 Å². The van der Waals surface area contributed by atoms with Crippen molar-refractivity contribution >= 4 is 11.6 Å². The number of nitrogen functional groups attached to an aromatic ring is 1. The highest BCUT2D eigenvalue weighted by Crippen LogP contribution is 2.30. The number of piperidine rings is 1. The third kappa shape index (κ3) is 2.64. The molecule has 0 atom stereocenters. The van der Waals surface area contributed by atoms with Crippen molar-refractivity contribution in [1.29, 1.82) is 0 Å². The Hall–Kier alpha value is -1.55. The number of nitrogens with one attached hydrogen (secondary N) is 1. The number of rotatable bonds is 2. The lowest BCUT2D eigenvalue weighted by Gasteiger charge is -2.38. The summed E-state index contributed by atoms with van der Waals surface area (Å²) < 4.78 is 0. The Bertz CT molecular complexity index is 442. The molecule has 3 N–H and O–H groups in total. The minimum absolute atomic E-state index is 0.0660. The molecule has 0 aliphatic carbocycles. The van der Waals surface area contributed by atoms with E-state index in [1.807, 2.05) is 29.2 Å². The standard InChI is InChI=1S/C14H21N3O/c1-14(2)8-5-9-17(10-14)13(18)11-6-3-4-7-12(11)16-15/h3-4,6-7,16H,5,8-10,15H2,1-2H3. The highest BCUT2D eigenvalue weighted by molar-refractivity contribution is 5.99. The molecule has 1 fully saturated rings. The summed E-state index contributed by atoms with van der Waals surface area (Å²) in [6.07, 6.45) is 2.24. The van der Waals surface area contributed by atoms with Crippen molar-refractivity contribution in [2.75, 3.05) is 18.5 Å². The molecule has 1 heterocycles. The van der Waals surface area contributed by atoms with Crippen LogP contribution in [0.5, 0.6) is 0 Å². The van der Waals surface area contributed by atoms with Gasteiger partial charge in [0.05, 0.1) is 11.3 Å². The van der Waals surface area contributed by atoms with Crippen LogP contribution in [-0.2, 0) is 0 Å². The Morgan fingerprint density at radius 3 is 2.78 bits per heavy atom. The molecule has 1 saturated heterocycles. The normalized spacial score (nSPS) is 18.5. The first-order valence-electron chi connectivity index (χ1n) is 6.38. The van der Waals surface area contributed by atoms with Crippen molar-refractivity contribution in [2.45, 2.75) is 26.7 Å². The first-order chi connectivity index (χ1) is 8.53. The molecule has 4 nitrogen and oxygen atoms in total. The van der Waals surface area contributed by atoms with E-state index in [2.05, 4.69) is 19.3 Å². The summed E-state index contributed by atoms with van der Waals surface area (Å²) in [4.78, 5) is 14.4. The van der Waals surface area contributed by atoms with E-state index in [0.717, 1.165) is 19.5 Å². The van der Waals surface area contributed by atoms with Gasteiger partial charge in [-0.05, 0) is 30.4 Å². The molecule has 1 amide bonds. The molecule has 0 spiro atoms. The minimum Gasteiger partial charge on any atom is -0.338 e. The number of anilines is 1. The van der Waals surface area contributed by atoms with Crippen LogP contribution in [0.4, 0.5) is 5.69 Å². The highest BCUT2D eigenvalue weighted by Gasteiger charge is 2.30. The van der Waals surface area contributed by atoms with Crippen molar-refractivity contribution in [3.05, 3.63) is 29.8 Å². The van der Waals surface area contributed by atoms with Crippen LogP contribution in [0, 0.1) is 5.41 Å². The van der Waals surface area contributed by atoms with Gasteiger partial charge in [0, 0.05) is 13.1 Å². The number of likely N-dealkylation sites (tertiary alicyclic amines) is 1. The smallest absolute Gasteiger partial charge is 0.256 e. The summed E-state index contributed by atoms with van der Waals surface area (Å²) in [6, 6.07) is 7.37. The molecule has 18 heavy (non-hydrogen) atoms. The maximum atomic E-state index is 12.5. The largest absolute Gasteiger partial charge is 0.338 e. The van der Waals surface area contributed by atoms with Gasteiger partial charge in [-0.1, -0.05) is 26.0 Å². The van der Waals surface area contributed by atoms with Gasteiger partial charge in [-0.25, -0.2) is 0 Å². The molecule has 0 aromatic heterocycles. The Morgan fingerprint density at radius 1 is 1.39 bits per heavy atom. The van der Waals surface area contributed by atoms with E-state index < -0.39 is 0 Å². The van der Waals surface area contributed by atoms with Crippen LogP contribution in [-0.4, -0.2) is 23.9 Å². The summed E-state index contributed by atoms with van der Waals surface area (Å²) in [7, 11) is 0. The lowest BCUT2D eigenvalue weighted by atomic mass is 9.84. The fourth-order valence-corrected chi connectivity index (χ4v) is 2.56. The highest BCUT2D eigenvalue weighted by atomic mass is 16.2. The summed E-state index contributed by atoms with van der Waals surface area (Å²) in [5.74, 6) is 5.52. The number of nitrogens with zero attached hydrogens (tertiary/aromatic N) is 1. The molecule has 98 valence electrons. The minimum atomic E-state index is 0.0660. The first-order valence-corrected chi connectivity index (χ1v) is 6.38. The number of benzene rings is 1. The molecule has 0 bridgehead atoms. The molecule has 4 heteroatoms. The summed E-state index contributed by atoms with van der Waals surface area (Å²) in [6.45, 7) is 6.06. The molecule has 0 saturated carbocycles. The number of hydrazine groups is 1. The van der Waals surface area contributed by atoms with E-state index in [1.165, 1.54) is 6.42 Å². The van der Waals surface area contributed by atoms with Crippen LogP contribution in [0.15, 0.2) is 24.3 Å². The third-order valence-electron chi connectivity index (χ3n) is 3.50. The fraction of sp³-hybridized carbons (Fsp3) is 0.500. The Kier molecular flexibility index (Phi) is 3.57. The van der Waals surface area contributed by atoms with Crippen LogP contribution in [0.2, 0.25) is 0 Å². The van der Waals surface area contributed by atoms with Crippen molar-refractivity contribution < 1.29 is 4.79 Å². The maximum Gasteiger partial charge on any atom is 0.256 e. The zero-order chi connectivity index (χ0) is 13.2. The number of hydrogen-bond donors (Lipinski definition) is 2. The van der Waals surface area contributed by atoms with Gasteiger partial charge in [0.15, 0.2) is 0 Å². The zero-order valence-corrected chi connectivity index (χ0v) is 11.1. The summed E-state index contributed by atoms with van der Waals surface area (Å²) in [5.41, 5.74) is 4.13. The second kappa shape index (κ2) is 4.98. The number of nitrogens with two attached hydrogens (primary N) is 1. The zero-order valence-electron chi connectivity index (χ0n) is 11.1. The molecular formula is C14H21N3O. The summed E-state index contributed by atoms with van der Waals surface area (Å²) in [5, 5.41) is 0. The Morgan fingerprint density at radius 2 is 2.11 bits per heavy atom. The summed E-state index contributed by atoms with van der Waals surface area (Å²) >= 11 is 0. The third-order valence-corrected chi connectivity index (χ3v) is 3.50. The molecule has 0 radical (unpaired) electrons. The predicted molar refractivity (Wildman–Crippen MR) is 73.2 cm³/mol. The van der Waals surface area contributed by atoms with Gasteiger partial charge in [0.2, 0.25) is 0 Å². The first kappa shape index (κ1) is 12.9. The van der Waals surface area contributed by atoms with E-state index in [-0.39, 0.29) is 11.3 Å². The molecule has 0 unspecified atom stereocenters. The van der Waals surface area contributed by atoms with Crippen molar-refractivity contribution in [1.82, 2.24) is 4.90 Å². The quantitative estimate of drug-likeness (QED) is 0.622. The van der Waals surface area contributed by atoms with Gasteiger partial charge in [-0.15, -0.1) is 0 Å². The number of carbonyl (C=O) groups is 1. The van der Waals surface area contributed by atoms with Crippen LogP contribution >= 0.6 is 0 Å². The number of amides is 1. The monoisotopic (exact) mass is 247 g/mol. The van der Waals surface area contributed by atoms with Gasteiger partial charge < -0.3 is 10.3 Å². The number of para-hydroxylation sites is 1. The Balaban J connectivity index is 2.20. The molecular weight excluding hydrogens is 226 g/mol. The Labute approximate surface area is 108 Å². The van der Waals surface area contributed by atoms with Gasteiger partial charge in [0.25, 0.3) is 5.91 Å². The van der Waals surface area contributed by atoms with Crippen LogP contribution in [0.1, 0.15) is 37.0 Å². The van der Waals surface area contributed by atoms with E-state index in [4.69, 9.17) is 5.84 Å². The van der Waals surface area contributed by atoms with E-state index >= 15 is 0 Å². The van der Waals surface area contributed by atoms with Crippen molar-refractivity contribution in [2.24, 2.45) is 11.3 Å². The number of hydrogen-bond acceptors (Lipinski definition) is 3. The van der Waals surface area contributed by atoms with Crippen molar-refractivity contribution in [3.8, 4) is 0 Å². The van der Waals surface area contributed by atoms with Crippen LogP contribution < -0.4 is 11.3 Å². The average Bonchev–Trinajstić information content (AvgIpc) is 2.36. The molecule has 1 aromatic carbocycles. The number of carbonyl (C=O) groups excluding carboxylic acids is 1. The molecule has 2 rings (SSSR count). The fourth-order valence-electron chi connectivity index (χ4n) is 2.56. The predicted octanol–water partition coefficient (Wildman–Crippen LogP) is 2.23. The van der Waals surface area contributed by atoms with Crippen molar-refractivity contribution in [3.63, 3.8) is 0 Å². The van der Waals surface area contributed by atoms with E-state index in [9.17, 15) is 4.79 Å². The van der Waals surface area contributed by atoms with Gasteiger partial charge in [-0.3, -0.25) is 10.6 Å². The lowest BCUT2D eigenvalue weighted by molar-refractivity contribution is 0.0584. The molecule has 1 aliphatic heterocycles. The lowest BCUT2D eigenvalue weighted by Crippen LogP contribution is -2.43. The molecule has 1 aliphatic rings. The maximum absolute atomic E-state index is 12.5. The SMILES string of the molecule is CC1(C)CCCN(C(=O)c2ccccc2NN)C1. The second-order valence-corrected chi connectivity index (χ2v) is 5.68. The van der Waals surface area contributed by atoms with E-state index in [1.54, 1.807) is 0 Å². The van der Waals surface area contributed by atoms with Gasteiger partial charge >= 0.3 is 0 Å². The van der Waals surface area contributed by atoms with Gasteiger partial charge in [0.1, 0.15) is 0 Å². The van der Waals surface area contributed by atoms with E-state index in [0.29, 0.717) is 11.3 Å². The van der Waals surface area contributed by atoms with Crippen LogP contribution in [0.3, 0.4) is 0 Å². The topological polar surface area (TPSA) is 58.4 Å². The van der Waals surface area contributed by atoms with Gasteiger partial charge in [-0.2, -0.15) is 0 Å². The average molecular weight is 247 g/mol. The molecule has 1 aromatic rings. The second-order valence-electron chi connectivity index (χ2n) is 5.68.